The Kier molecular flexibility index (Phi) is 5.86. The highest BCUT2D eigenvalue weighted by Crippen LogP contribution is 2.29. The summed E-state index contributed by atoms with van der Waals surface area (Å²) in [6.45, 7) is 6.84. The molecule has 1 atom stereocenters. The molecule has 27 heavy (non-hydrogen) atoms. The Morgan fingerprint density at radius 3 is 2.52 bits per heavy atom. The molecule has 2 aromatic heterocycles. The van der Waals surface area contributed by atoms with Gasteiger partial charge in [-0.3, -0.25) is 9.78 Å². The molecular formula is C21H23N3O3. The third-order valence-corrected chi connectivity index (χ3v) is 4.14. The van der Waals surface area contributed by atoms with Crippen LogP contribution in [-0.4, -0.2) is 29.1 Å². The first kappa shape index (κ1) is 18.6. The highest BCUT2D eigenvalue weighted by Gasteiger charge is 2.16. The molecule has 0 saturated carbocycles. The second-order valence-electron chi connectivity index (χ2n) is 6.03. The predicted octanol–water partition coefficient (Wildman–Crippen LogP) is 3.92. The summed E-state index contributed by atoms with van der Waals surface area (Å²) in [4.78, 5) is 21.2. The predicted molar refractivity (Wildman–Crippen MR) is 104 cm³/mol. The first-order valence-corrected chi connectivity index (χ1v) is 9.03. The van der Waals surface area contributed by atoms with Crippen LogP contribution in [-0.2, 0) is 0 Å². The molecule has 0 aliphatic heterocycles. The number of rotatable bonds is 7. The SMILES string of the molecule is CCOc1ccc2nc(C(=O)NC(C)c3ccncc3)cc(OCC)c2c1. The summed E-state index contributed by atoms with van der Waals surface area (Å²) in [6.07, 6.45) is 3.41. The molecule has 0 bridgehead atoms. The van der Waals surface area contributed by atoms with Crippen LogP contribution in [0.5, 0.6) is 11.5 Å². The standard InChI is InChI=1S/C21H23N3O3/c1-4-26-16-6-7-18-17(12-16)20(27-5-2)13-19(24-18)21(25)23-14(3)15-8-10-22-11-9-15/h6-14H,4-5H2,1-3H3,(H,23,25). The van der Waals surface area contributed by atoms with Gasteiger partial charge < -0.3 is 14.8 Å². The number of aromatic nitrogens is 2. The summed E-state index contributed by atoms with van der Waals surface area (Å²) in [5.74, 6) is 1.11. The van der Waals surface area contributed by atoms with Crippen molar-refractivity contribution in [1.82, 2.24) is 15.3 Å². The zero-order chi connectivity index (χ0) is 19.2. The Hall–Kier alpha value is -3.15. The van der Waals surface area contributed by atoms with Gasteiger partial charge in [-0.1, -0.05) is 0 Å². The maximum absolute atomic E-state index is 12.7. The number of pyridine rings is 2. The lowest BCUT2D eigenvalue weighted by Gasteiger charge is -2.15. The quantitative estimate of drug-likeness (QED) is 0.687. The summed E-state index contributed by atoms with van der Waals surface area (Å²) < 4.78 is 11.3. The number of nitrogens with one attached hydrogen (secondary N) is 1. The van der Waals surface area contributed by atoms with E-state index in [0.717, 1.165) is 16.7 Å². The van der Waals surface area contributed by atoms with Crippen LogP contribution in [0.3, 0.4) is 0 Å². The fraction of sp³-hybridized carbons (Fsp3) is 0.286. The molecule has 6 nitrogen and oxygen atoms in total. The Morgan fingerprint density at radius 2 is 1.81 bits per heavy atom. The number of amides is 1. The first-order valence-electron chi connectivity index (χ1n) is 9.03. The summed E-state index contributed by atoms with van der Waals surface area (Å²) in [7, 11) is 0. The lowest BCUT2D eigenvalue weighted by Crippen LogP contribution is -2.27. The van der Waals surface area contributed by atoms with Gasteiger partial charge in [-0.2, -0.15) is 0 Å². The van der Waals surface area contributed by atoms with Crippen LogP contribution < -0.4 is 14.8 Å². The van der Waals surface area contributed by atoms with Gasteiger partial charge in [0.2, 0.25) is 0 Å². The van der Waals surface area contributed by atoms with E-state index in [9.17, 15) is 4.79 Å². The number of hydrogen-bond acceptors (Lipinski definition) is 5. The van der Waals surface area contributed by atoms with E-state index in [2.05, 4.69) is 15.3 Å². The highest BCUT2D eigenvalue weighted by molar-refractivity contribution is 5.97. The second-order valence-corrected chi connectivity index (χ2v) is 6.03. The molecule has 1 aromatic carbocycles. The minimum absolute atomic E-state index is 0.158. The average Bonchev–Trinajstić information content (AvgIpc) is 2.69. The Bertz CT molecular complexity index is 929. The van der Waals surface area contributed by atoms with Gasteiger partial charge in [0.15, 0.2) is 0 Å². The third-order valence-electron chi connectivity index (χ3n) is 4.14. The van der Waals surface area contributed by atoms with Crippen LogP contribution >= 0.6 is 0 Å². The molecule has 0 radical (unpaired) electrons. The highest BCUT2D eigenvalue weighted by atomic mass is 16.5. The maximum atomic E-state index is 12.7. The van der Waals surface area contributed by atoms with Gasteiger partial charge in [-0.25, -0.2) is 4.98 Å². The molecular weight excluding hydrogens is 342 g/mol. The van der Waals surface area contributed by atoms with Crippen LogP contribution in [0.15, 0.2) is 48.8 Å². The van der Waals surface area contributed by atoms with Gasteiger partial charge in [0, 0.05) is 23.8 Å². The topological polar surface area (TPSA) is 73.3 Å². The van der Waals surface area contributed by atoms with E-state index in [1.165, 1.54) is 0 Å². The zero-order valence-electron chi connectivity index (χ0n) is 15.7. The van der Waals surface area contributed by atoms with E-state index >= 15 is 0 Å². The minimum Gasteiger partial charge on any atom is -0.494 e. The lowest BCUT2D eigenvalue weighted by molar-refractivity contribution is 0.0934. The van der Waals surface area contributed by atoms with E-state index in [4.69, 9.17) is 9.47 Å². The molecule has 0 aliphatic rings. The van der Waals surface area contributed by atoms with Crippen LogP contribution in [0.4, 0.5) is 0 Å². The molecule has 2 heterocycles. The second kappa shape index (κ2) is 8.49. The summed E-state index contributed by atoms with van der Waals surface area (Å²) in [5, 5.41) is 3.79. The van der Waals surface area contributed by atoms with E-state index < -0.39 is 0 Å². The van der Waals surface area contributed by atoms with E-state index in [1.54, 1.807) is 18.5 Å². The van der Waals surface area contributed by atoms with Crippen molar-refractivity contribution in [2.24, 2.45) is 0 Å². The van der Waals surface area contributed by atoms with Crippen LogP contribution in [0.25, 0.3) is 10.9 Å². The van der Waals surface area contributed by atoms with Crippen molar-refractivity contribution >= 4 is 16.8 Å². The minimum atomic E-state index is -0.254. The van der Waals surface area contributed by atoms with Crippen molar-refractivity contribution < 1.29 is 14.3 Å². The van der Waals surface area contributed by atoms with E-state index in [-0.39, 0.29) is 11.9 Å². The van der Waals surface area contributed by atoms with Crippen molar-refractivity contribution in [3.63, 3.8) is 0 Å². The molecule has 6 heteroatoms. The number of ether oxygens (including phenoxy) is 2. The van der Waals surface area contributed by atoms with Crippen molar-refractivity contribution in [1.29, 1.82) is 0 Å². The monoisotopic (exact) mass is 365 g/mol. The molecule has 0 saturated heterocycles. The van der Waals surface area contributed by atoms with Crippen LogP contribution in [0.2, 0.25) is 0 Å². The number of carbonyl (C=O) groups is 1. The van der Waals surface area contributed by atoms with Crippen molar-refractivity contribution in [2.75, 3.05) is 13.2 Å². The number of fused-ring (bicyclic) bond motifs is 1. The van der Waals surface area contributed by atoms with Gasteiger partial charge in [0.05, 0.1) is 24.8 Å². The van der Waals surface area contributed by atoms with Gasteiger partial charge >= 0.3 is 0 Å². The maximum Gasteiger partial charge on any atom is 0.270 e. The van der Waals surface area contributed by atoms with Crippen molar-refractivity contribution in [3.05, 3.63) is 60.0 Å². The lowest BCUT2D eigenvalue weighted by atomic mass is 10.1. The normalized spacial score (nSPS) is 11.8. The van der Waals surface area contributed by atoms with E-state index in [1.807, 2.05) is 51.1 Å². The number of carbonyl (C=O) groups excluding carboxylic acids is 1. The third kappa shape index (κ3) is 4.34. The van der Waals surface area contributed by atoms with E-state index in [0.29, 0.717) is 30.2 Å². The Labute approximate surface area is 158 Å². The molecule has 3 aromatic rings. The summed E-state index contributed by atoms with van der Waals surface area (Å²) >= 11 is 0. The smallest absolute Gasteiger partial charge is 0.270 e. The molecule has 1 amide bonds. The Morgan fingerprint density at radius 1 is 1.07 bits per heavy atom. The van der Waals surface area contributed by atoms with Gasteiger partial charge in [0.25, 0.3) is 5.91 Å². The fourth-order valence-electron chi connectivity index (χ4n) is 2.83. The molecule has 0 fully saturated rings. The molecule has 140 valence electrons. The first-order chi connectivity index (χ1) is 13.1. The average molecular weight is 365 g/mol. The molecule has 0 spiro atoms. The number of nitrogens with zero attached hydrogens (tertiary/aromatic N) is 2. The molecule has 1 unspecified atom stereocenters. The molecule has 1 N–H and O–H groups in total. The van der Waals surface area contributed by atoms with Crippen LogP contribution in [0, 0.1) is 0 Å². The Balaban J connectivity index is 1.91. The van der Waals surface area contributed by atoms with Gasteiger partial charge in [-0.15, -0.1) is 0 Å². The summed E-state index contributed by atoms with van der Waals surface area (Å²) in [6, 6.07) is 10.8. The van der Waals surface area contributed by atoms with Gasteiger partial charge in [-0.05, 0) is 56.7 Å². The fourth-order valence-corrected chi connectivity index (χ4v) is 2.83. The number of hydrogen-bond donors (Lipinski definition) is 1. The van der Waals surface area contributed by atoms with Crippen molar-refractivity contribution in [2.45, 2.75) is 26.8 Å². The molecule has 0 aliphatic carbocycles. The summed E-state index contributed by atoms with van der Waals surface area (Å²) in [5.41, 5.74) is 1.98. The van der Waals surface area contributed by atoms with Crippen molar-refractivity contribution in [3.8, 4) is 11.5 Å². The molecule has 3 rings (SSSR count). The number of benzene rings is 1. The van der Waals surface area contributed by atoms with Crippen LogP contribution in [0.1, 0.15) is 42.9 Å². The van der Waals surface area contributed by atoms with Gasteiger partial charge in [0.1, 0.15) is 17.2 Å². The zero-order valence-corrected chi connectivity index (χ0v) is 15.7. The largest absolute Gasteiger partial charge is 0.494 e.